The predicted molar refractivity (Wildman–Crippen MR) is 67.2 cm³/mol. The highest BCUT2D eigenvalue weighted by Crippen LogP contribution is 2.17. The van der Waals surface area contributed by atoms with Gasteiger partial charge in [0.2, 0.25) is 0 Å². The van der Waals surface area contributed by atoms with Crippen molar-refractivity contribution in [1.82, 2.24) is 9.96 Å². The summed E-state index contributed by atoms with van der Waals surface area (Å²) in [7, 11) is 0. The summed E-state index contributed by atoms with van der Waals surface area (Å²) in [5.41, 5.74) is 0. The third kappa shape index (κ3) is 2.76. The van der Waals surface area contributed by atoms with Gasteiger partial charge in [0.1, 0.15) is 0 Å². The van der Waals surface area contributed by atoms with Crippen molar-refractivity contribution in [2.75, 3.05) is 26.2 Å². The number of likely N-dealkylation sites (tertiary alicyclic amines) is 1. The molecule has 0 N–H and O–H groups in total. The lowest BCUT2D eigenvalue weighted by Crippen LogP contribution is -3.00. The Morgan fingerprint density at radius 2 is 1.50 bits per heavy atom. The van der Waals surface area contributed by atoms with Crippen LogP contribution in [0.5, 0.6) is 0 Å². The summed E-state index contributed by atoms with van der Waals surface area (Å²) in [6.07, 6.45) is 5.11. The molecule has 0 bridgehead atoms. The van der Waals surface area contributed by atoms with Gasteiger partial charge in [-0.15, -0.1) is 0 Å². The summed E-state index contributed by atoms with van der Waals surface area (Å²) in [6.45, 7) is 3.79. The molecule has 0 unspecified atom stereocenters. The van der Waals surface area contributed by atoms with Crippen molar-refractivity contribution in [1.29, 1.82) is 0 Å². The molecule has 7 heteroatoms. The SMILES string of the molecule is O=C1CCC(=O)N1OC(N1CCCC1)=[N+]1CCCC1.[F-]. The van der Waals surface area contributed by atoms with E-state index in [0.29, 0.717) is 6.02 Å². The maximum atomic E-state index is 11.7. The number of hydroxylamine groups is 2. The monoisotopic (exact) mass is 285 g/mol. The van der Waals surface area contributed by atoms with Gasteiger partial charge in [-0.2, -0.15) is 0 Å². The second kappa shape index (κ2) is 6.19. The van der Waals surface area contributed by atoms with Gasteiger partial charge in [0.15, 0.2) is 0 Å². The van der Waals surface area contributed by atoms with E-state index in [0.717, 1.165) is 56.9 Å². The second-order valence-electron chi connectivity index (χ2n) is 5.34. The molecule has 0 radical (unpaired) electrons. The van der Waals surface area contributed by atoms with Crippen LogP contribution in [0.3, 0.4) is 0 Å². The van der Waals surface area contributed by atoms with E-state index in [1.165, 1.54) is 0 Å². The van der Waals surface area contributed by atoms with Gasteiger partial charge in [0, 0.05) is 12.8 Å². The molecule has 0 aromatic carbocycles. The summed E-state index contributed by atoms with van der Waals surface area (Å²) >= 11 is 0. The van der Waals surface area contributed by atoms with Crippen LogP contribution in [-0.2, 0) is 14.4 Å². The number of hydrogen-bond donors (Lipinski definition) is 0. The van der Waals surface area contributed by atoms with Crippen LogP contribution in [0, 0.1) is 0 Å². The van der Waals surface area contributed by atoms with Crippen LogP contribution < -0.4 is 4.70 Å². The van der Waals surface area contributed by atoms with E-state index in [-0.39, 0.29) is 29.4 Å². The summed E-state index contributed by atoms with van der Waals surface area (Å²) in [5, 5.41) is 0.964. The molecular weight excluding hydrogens is 265 g/mol. The number of imide groups is 1. The molecule has 3 aliphatic rings. The van der Waals surface area contributed by atoms with Gasteiger partial charge in [-0.1, -0.05) is 5.06 Å². The van der Waals surface area contributed by atoms with Crippen LogP contribution in [-0.4, -0.2) is 58.6 Å². The predicted octanol–water partition coefficient (Wildman–Crippen LogP) is -2.67. The Labute approximate surface area is 117 Å². The Kier molecular flexibility index (Phi) is 4.57. The number of amidine groups is 1. The summed E-state index contributed by atoms with van der Waals surface area (Å²) < 4.78 is 2.16. The van der Waals surface area contributed by atoms with Crippen LogP contribution in [0.4, 0.5) is 0 Å². The number of hydrogen-bond acceptors (Lipinski definition) is 3. The number of carbonyl (C=O) groups is 2. The minimum absolute atomic E-state index is 0. The minimum atomic E-state index is -0.221. The molecule has 6 nitrogen and oxygen atoms in total. The Morgan fingerprint density at radius 1 is 0.950 bits per heavy atom. The van der Waals surface area contributed by atoms with Crippen molar-refractivity contribution in [2.45, 2.75) is 38.5 Å². The van der Waals surface area contributed by atoms with Gasteiger partial charge in [-0.3, -0.25) is 14.4 Å². The Bertz CT molecular complexity index is 409. The fourth-order valence-corrected chi connectivity index (χ4v) is 2.87. The molecule has 3 aliphatic heterocycles. The normalized spacial score (nSPS) is 22.5. The molecular formula is C13H20FN3O3. The van der Waals surface area contributed by atoms with E-state index in [1.54, 1.807) is 0 Å². The molecule has 0 atom stereocenters. The molecule has 0 aromatic heterocycles. The quantitative estimate of drug-likeness (QED) is 0.300. The largest absolute Gasteiger partial charge is 1.00 e. The average molecular weight is 285 g/mol. The van der Waals surface area contributed by atoms with Crippen molar-refractivity contribution in [3.8, 4) is 0 Å². The van der Waals surface area contributed by atoms with E-state index in [4.69, 9.17) is 4.84 Å². The highest BCUT2D eigenvalue weighted by atomic mass is 19.0. The van der Waals surface area contributed by atoms with Crippen LogP contribution in [0.25, 0.3) is 0 Å². The third-order valence-corrected chi connectivity index (χ3v) is 3.93. The first kappa shape index (κ1) is 14.7. The smallest absolute Gasteiger partial charge is 0.471 e. The molecule has 3 rings (SSSR count). The zero-order valence-corrected chi connectivity index (χ0v) is 11.5. The fraction of sp³-hybridized carbons (Fsp3) is 0.769. The summed E-state index contributed by atoms with van der Waals surface area (Å²) in [4.78, 5) is 31.2. The molecule has 0 aromatic rings. The standard InChI is InChI=1S/C13H20N3O3.FH/c17-11-5-6-12(18)16(11)19-13(14-7-1-2-8-14)15-9-3-4-10-15;/h1-10H2;1H/q+1;/p-1. The van der Waals surface area contributed by atoms with Gasteiger partial charge in [-0.05, 0) is 25.7 Å². The Balaban J connectivity index is 0.00000147. The van der Waals surface area contributed by atoms with E-state index >= 15 is 0 Å². The number of amides is 2. The molecule has 0 aliphatic carbocycles. The highest BCUT2D eigenvalue weighted by Gasteiger charge is 2.38. The zero-order chi connectivity index (χ0) is 13.2. The molecule has 3 heterocycles. The number of halogens is 1. The maximum Gasteiger partial charge on any atom is 0.471 e. The first-order chi connectivity index (χ1) is 9.25. The topological polar surface area (TPSA) is 52.9 Å². The van der Waals surface area contributed by atoms with Gasteiger partial charge in [-0.25, -0.2) is 9.48 Å². The average Bonchev–Trinajstić information content (AvgIpc) is 3.12. The number of nitrogens with zero attached hydrogens (tertiary/aromatic N) is 3. The van der Waals surface area contributed by atoms with Crippen LogP contribution in [0.1, 0.15) is 38.5 Å². The molecule has 3 saturated heterocycles. The van der Waals surface area contributed by atoms with E-state index < -0.39 is 0 Å². The molecule has 3 fully saturated rings. The second-order valence-corrected chi connectivity index (χ2v) is 5.34. The molecule has 0 spiro atoms. The van der Waals surface area contributed by atoms with Crippen LogP contribution in [0.15, 0.2) is 0 Å². The summed E-state index contributed by atoms with van der Waals surface area (Å²) in [6, 6.07) is 0.707. The Morgan fingerprint density at radius 3 is 2.05 bits per heavy atom. The molecule has 20 heavy (non-hydrogen) atoms. The lowest BCUT2D eigenvalue weighted by atomic mass is 10.4. The van der Waals surface area contributed by atoms with Crippen molar-refractivity contribution in [3.63, 3.8) is 0 Å². The summed E-state index contributed by atoms with van der Waals surface area (Å²) in [5.74, 6) is -0.443. The molecule has 0 saturated carbocycles. The van der Waals surface area contributed by atoms with Gasteiger partial charge in [0.05, 0.1) is 26.2 Å². The first-order valence-corrected chi connectivity index (χ1v) is 7.16. The zero-order valence-electron chi connectivity index (χ0n) is 11.5. The fourth-order valence-electron chi connectivity index (χ4n) is 2.87. The minimum Gasteiger partial charge on any atom is -1.00 e. The third-order valence-electron chi connectivity index (χ3n) is 3.93. The van der Waals surface area contributed by atoms with Gasteiger partial charge >= 0.3 is 6.02 Å². The molecule has 2 amide bonds. The highest BCUT2D eigenvalue weighted by molar-refractivity contribution is 6.01. The number of carbonyl (C=O) groups excluding carboxylic acids is 2. The lowest BCUT2D eigenvalue weighted by Gasteiger charge is -2.19. The lowest BCUT2D eigenvalue weighted by molar-refractivity contribution is -0.524. The molecule has 112 valence electrons. The van der Waals surface area contributed by atoms with E-state index in [2.05, 4.69) is 9.48 Å². The van der Waals surface area contributed by atoms with Crippen LogP contribution in [0.2, 0.25) is 0 Å². The van der Waals surface area contributed by atoms with E-state index in [9.17, 15) is 9.59 Å². The van der Waals surface area contributed by atoms with E-state index in [1.807, 2.05) is 0 Å². The number of rotatable bonds is 1. The van der Waals surface area contributed by atoms with Crippen molar-refractivity contribution in [2.24, 2.45) is 0 Å². The van der Waals surface area contributed by atoms with Gasteiger partial charge in [0.25, 0.3) is 11.8 Å². The van der Waals surface area contributed by atoms with Crippen LogP contribution >= 0.6 is 0 Å². The van der Waals surface area contributed by atoms with Crippen molar-refractivity contribution in [3.05, 3.63) is 0 Å². The first-order valence-electron chi connectivity index (χ1n) is 7.16. The Hall–Kier alpha value is -1.66. The van der Waals surface area contributed by atoms with Crippen molar-refractivity contribution >= 4 is 17.8 Å². The van der Waals surface area contributed by atoms with Crippen molar-refractivity contribution < 1.29 is 23.7 Å². The van der Waals surface area contributed by atoms with Gasteiger partial charge < -0.3 is 4.70 Å². The maximum absolute atomic E-state index is 11.7.